The predicted molar refractivity (Wildman–Crippen MR) is 165 cm³/mol. The summed E-state index contributed by atoms with van der Waals surface area (Å²) in [7, 11) is -0.245. The van der Waals surface area contributed by atoms with Crippen LogP contribution >= 0.6 is 0 Å². The molecule has 0 aliphatic heterocycles. The van der Waals surface area contributed by atoms with Gasteiger partial charge in [0.05, 0.1) is 17.5 Å². The molecule has 0 atom stereocenters. The van der Waals surface area contributed by atoms with Crippen molar-refractivity contribution in [3.05, 3.63) is 114 Å². The van der Waals surface area contributed by atoms with Crippen LogP contribution in [0.4, 0.5) is 10.1 Å². The lowest BCUT2D eigenvalue weighted by Gasteiger charge is -2.27. The molecule has 0 radical (unpaired) electrons. The first-order valence-corrected chi connectivity index (χ1v) is 15.3. The molecule has 9 heteroatoms. The second-order valence-corrected chi connectivity index (χ2v) is 12.1. The van der Waals surface area contributed by atoms with E-state index in [0.29, 0.717) is 40.9 Å². The van der Waals surface area contributed by atoms with Gasteiger partial charge in [-0.1, -0.05) is 60.7 Å². The van der Waals surface area contributed by atoms with E-state index in [1.54, 1.807) is 24.3 Å². The van der Waals surface area contributed by atoms with Crippen LogP contribution in [0.25, 0.3) is 33.4 Å². The molecule has 4 aromatic carbocycles. The maximum atomic E-state index is 13.7. The molecule has 0 bridgehead atoms. The first-order chi connectivity index (χ1) is 20.2. The molecular weight excluding hydrogens is 553 g/mol. The van der Waals surface area contributed by atoms with E-state index in [1.165, 1.54) is 29.7 Å². The van der Waals surface area contributed by atoms with Crippen molar-refractivity contribution in [1.29, 1.82) is 0 Å². The Hall–Kier alpha value is -4.47. The van der Waals surface area contributed by atoms with E-state index in [9.17, 15) is 17.6 Å². The van der Waals surface area contributed by atoms with Gasteiger partial charge < -0.3 is 14.6 Å². The quantitative estimate of drug-likeness (QED) is 0.212. The fourth-order valence-electron chi connectivity index (χ4n) is 5.04. The normalized spacial score (nSPS) is 11.6. The maximum Gasteiger partial charge on any atom is 0.255 e. The van der Waals surface area contributed by atoms with Gasteiger partial charge in [-0.05, 0) is 48.5 Å². The average molecular weight is 586 g/mol. The van der Waals surface area contributed by atoms with Gasteiger partial charge in [0.2, 0.25) is 10.0 Å². The summed E-state index contributed by atoms with van der Waals surface area (Å²) in [4.78, 5) is 15.2. The molecule has 1 aromatic heterocycles. The van der Waals surface area contributed by atoms with Gasteiger partial charge in [-0.2, -0.15) is 0 Å². The lowest BCUT2D eigenvalue weighted by molar-refractivity contribution is 0.0964. The Balaban J connectivity index is 1.65. The summed E-state index contributed by atoms with van der Waals surface area (Å²) in [6.07, 6.45) is 1.19. The fourth-order valence-corrected chi connectivity index (χ4v) is 5.96. The van der Waals surface area contributed by atoms with E-state index in [-0.39, 0.29) is 23.8 Å². The number of nitrogens with one attached hydrogen (secondary N) is 1. The van der Waals surface area contributed by atoms with Crippen molar-refractivity contribution in [3.8, 4) is 22.5 Å². The molecule has 1 N–H and O–H groups in total. The van der Waals surface area contributed by atoms with Crippen molar-refractivity contribution in [3.63, 3.8) is 0 Å². The van der Waals surface area contributed by atoms with Crippen LogP contribution in [-0.4, -0.2) is 52.7 Å². The van der Waals surface area contributed by atoms with Crippen LogP contribution in [0.5, 0.6) is 0 Å². The second kappa shape index (κ2) is 12.2. The molecule has 0 aliphatic carbocycles. The maximum absolute atomic E-state index is 13.7. The van der Waals surface area contributed by atoms with Gasteiger partial charge in [0.25, 0.3) is 5.91 Å². The van der Waals surface area contributed by atoms with Gasteiger partial charge >= 0.3 is 0 Å². The number of sulfonamides is 1. The number of anilines is 1. The number of halogens is 1. The Morgan fingerprint density at radius 2 is 1.52 bits per heavy atom. The van der Waals surface area contributed by atoms with Crippen LogP contribution in [0, 0.1) is 5.82 Å². The van der Waals surface area contributed by atoms with Gasteiger partial charge in [-0.3, -0.25) is 9.10 Å². The van der Waals surface area contributed by atoms with Crippen LogP contribution in [0.2, 0.25) is 0 Å². The zero-order valence-electron chi connectivity index (χ0n) is 23.7. The van der Waals surface area contributed by atoms with Crippen LogP contribution < -0.4 is 9.62 Å². The lowest BCUT2D eigenvalue weighted by atomic mass is 9.98. The molecular formula is C33H32FN3O4S. The number of carbonyl (C=O) groups is 1. The van der Waals surface area contributed by atoms with Crippen molar-refractivity contribution in [2.45, 2.75) is 6.54 Å². The van der Waals surface area contributed by atoms with Crippen molar-refractivity contribution >= 4 is 32.6 Å². The number of hydrogen-bond donors (Lipinski definition) is 1. The van der Waals surface area contributed by atoms with E-state index in [2.05, 4.69) is 10.2 Å². The van der Waals surface area contributed by atoms with Crippen LogP contribution in [0.15, 0.2) is 101 Å². The summed E-state index contributed by atoms with van der Waals surface area (Å²) in [5.41, 5.74) is 4.14. The second-order valence-electron chi connectivity index (χ2n) is 10.2. The highest BCUT2D eigenvalue weighted by Gasteiger charge is 2.27. The van der Waals surface area contributed by atoms with E-state index in [1.807, 2.05) is 67.7 Å². The van der Waals surface area contributed by atoms with E-state index < -0.39 is 15.8 Å². The molecule has 0 spiro atoms. The number of furan rings is 1. The fraction of sp³-hybridized carbons (Fsp3) is 0.182. The lowest BCUT2D eigenvalue weighted by Crippen LogP contribution is -2.37. The van der Waals surface area contributed by atoms with Crippen molar-refractivity contribution in [1.82, 2.24) is 10.2 Å². The monoisotopic (exact) mass is 585 g/mol. The molecule has 216 valence electrons. The Bertz CT molecular complexity index is 1810. The minimum Gasteiger partial charge on any atom is -0.455 e. The number of fused-ring (bicyclic) bond motifs is 1. The third-order valence-corrected chi connectivity index (χ3v) is 8.28. The Morgan fingerprint density at radius 3 is 2.14 bits per heavy atom. The Morgan fingerprint density at radius 1 is 0.881 bits per heavy atom. The number of rotatable bonds is 10. The first-order valence-electron chi connectivity index (χ1n) is 13.5. The van der Waals surface area contributed by atoms with E-state index in [0.717, 1.165) is 11.1 Å². The average Bonchev–Trinajstić information content (AvgIpc) is 3.35. The summed E-state index contributed by atoms with van der Waals surface area (Å²) >= 11 is 0. The molecule has 0 aliphatic rings. The molecule has 0 saturated heterocycles. The highest BCUT2D eigenvalue weighted by molar-refractivity contribution is 7.92. The highest BCUT2D eigenvalue weighted by atomic mass is 32.2. The third kappa shape index (κ3) is 6.22. The first kappa shape index (κ1) is 29.0. The number of likely N-dealkylation sites (N-methyl/N-ethyl adjacent to an activating group) is 1. The molecule has 0 fully saturated rings. The minimum absolute atomic E-state index is 0.196. The molecule has 0 unspecified atom stereocenters. The minimum atomic E-state index is -3.72. The molecule has 5 aromatic rings. The molecule has 1 heterocycles. The van der Waals surface area contributed by atoms with E-state index >= 15 is 0 Å². The van der Waals surface area contributed by atoms with Crippen molar-refractivity contribution in [2.75, 3.05) is 37.7 Å². The highest BCUT2D eigenvalue weighted by Crippen LogP contribution is 2.41. The number of carbonyl (C=O) groups excluding carboxylic acids is 1. The standard InChI is InChI=1S/C33H32FN3O4S/c1-35-33(38)31-28-20-27(24-12-8-5-9-13-24)29(21-30(28)41-32(31)25-14-16-26(34)17-15-25)37(42(3,39)40)19-18-36(2)22-23-10-6-4-7-11-23/h4-17,20-21H,18-19,22H2,1-3H3,(H,35,38). The number of nitrogens with zero attached hydrogens (tertiary/aromatic N) is 2. The largest absolute Gasteiger partial charge is 0.455 e. The van der Waals surface area contributed by atoms with Gasteiger partial charge in [0.1, 0.15) is 17.2 Å². The number of amides is 1. The third-order valence-electron chi connectivity index (χ3n) is 7.10. The molecule has 5 rings (SSSR count). The Kier molecular flexibility index (Phi) is 8.42. The SMILES string of the molecule is CNC(=O)c1c(-c2ccc(F)cc2)oc2cc(N(CCN(C)Cc3ccccc3)S(C)(=O)=O)c(-c3ccccc3)cc12. The topological polar surface area (TPSA) is 82.9 Å². The summed E-state index contributed by atoms with van der Waals surface area (Å²) in [5, 5.41) is 3.19. The Labute approximate surface area is 245 Å². The van der Waals surface area contributed by atoms with Gasteiger partial charge in [0.15, 0.2) is 0 Å². The number of hydrogen-bond acceptors (Lipinski definition) is 5. The van der Waals surface area contributed by atoms with Crippen LogP contribution in [-0.2, 0) is 16.6 Å². The van der Waals surface area contributed by atoms with Crippen LogP contribution in [0.3, 0.4) is 0 Å². The van der Waals surface area contributed by atoms with Crippen molar-refractivity contribution in [2.24, 2.45) is 0 Å². The van der Waals surface area contributed by atoms with E-state index in [4.69, 9.17) is 4.42 Å². The molecule has 42 heavy (non-hydrogen) atoms. The van der Waals surface area contributed by atoms with Gasteiger partial charge in [-0.15, -0.1) is 0 Å². The predicted octanol–water partition coefficient (Wildman–Crippen LogP) is 6.16. The smallest absolute Gasteiger partial charge is 0.255 e. The van der Waals surface area contributed by atoms with Crippen LogP contribution in [0.1, 0.15) is 15.9 Å². The van der Waals surface area contributed by atoms with Gasteiger partial charge in [0, 0.05) is 49.3 Å². The van der Waals surface area contributed by atoms with Gasteiger partial charge in [-0.25, -0.2) is 12.8 Å². The molecule has 1 amide bonds. The summed E-state index contributed by atoms with van der Waals surface area (Å²) in [5.74, 6) is -0.512. The zero-order chi connectivity index (χ0) is 29.9. The molecule has 7 nitrogen and oxygen atoms in total. The number of benzene rings is 4. The zero-order valence-corrected chi connectivity index (χ0v) is 24.5. The summed E-state index contributed by atoms with van der Waals surface area (Å²) in [6.45, 7) is 1.33. The van der Waals surface area contributed by atoms with Crippen molar-refractivity contribution < 1.29 is 22.0 Å². The summed E-state index contributed by atoms with van der Waals surface area (Å²) < 4.78 is 47.9. The summed E-state index contributed by atoms with van der Waals surface area (Å²) in [6, 6.07) is 28.6. The molecule has 0 saturated carbocycles.